The van der Waals surface area contributed by atoms with Gasteiger partial charge in [-0.05, 0) is 25.3 Å². The molecule has 1 saturated carbocycles. The lowest BCUT2D eigenvalue weighted by atomic mass is 10.1. The van der Waals surface area contributed by atoms with Crippen LogP contribution in [-0.4, -0.2) is 45.6 Å². The zero-order valence-electron chi connectivity index (χ0n) is 15.1. The van der Waals surface area contributed by atoms with Gasteiger partial charge in [-0.2, -0.15) is 5.10 Å². The second-order valence-corrected chi connectivity index (χ2v) is 7.46. The van der Waals surface area contributed by atoms with E-state index >= 15 is 0 Å². The Kier molecular flexibility index (Phi) is 4.91. The fourth-order valence-corrected chi connectivity index (χ4v) is 4.26. The third-order valence-electron chi connectivity index (χ3n) is 5.69. The Hall–Kier alpha value is -2.37. The minimum Gasteiger partial charge on any atom is -0.356 e. The maximum Gasteiger partial charge on any atom is 0.225 e. The Morgan fingerprint density at radius 3 is 2.88 bits per heavy atom. The van der Waals surface area contributed by atoms with Crippen molar-refractivity contribution in [3.05, 3.63) is 30.5 Å². The predicted molar refractivity (Wildman–Crippen MR) is 99.4 cm³/mol. The van der Waals surface area contributed by atoms with Crippen LogP contribution in [0.2, 0.25) is 0 Å². The van der Waals surface area contributed by atoms with E-state index in [1.54, 1.807) is 0 Å². The number of benzene rings is 1. The molecule has 26 heavy (non-hydrogen) atoms. The van der Waals surface area contributed by atoms with Crippen LogP contribution in [0.3, 0.4) is 0 Å². The summed E-state index contributed by atoms with van der Waals surface area (Å²) in [7, 11) is 0. The first-order valence-corrected chi connectivity index (χ1v) is 9.70. The average Bonchev–Trinajstić information content (AvgIpc) is 3.38. The average molecular weight is 354 g/mol. The number of rotatable bonds is 6. The molecule has 1 aliphatic heterocycles. The maximum atomic E-state index is 12.4. The van der Waals surface area contributed by atoms with Crippen LogP contribution in [0.4, 0.5) is 0 Å². The molecule has 138 valence electrons. The second kappa shape index (κ2) is 7.48. The molecule has 1 unspecified atom stereocenters. The number of amides is 2. The highest BCUT2D eigenvalue weighted by molar-refractivity contribution is 5.89. The maximum absolute atomic E-state index is 12.4. The number of aryl methyl sites for hydroxylation is 1. The summed E-state index contributed by atoms with van der Waals surface area (Å²) in [5.74, 6) is -0.0159. The summed E-state index contributed by atoms with van der Waals surface area (Å²) >= 11 is 0. The zero-order valence-corrected chi connectivity index (χ0v) is 15.1. The predicted octanol–water partition coefficient (Wildman–Crippen LogP) is 2.33. The number of hydrogen-bond acceptors (Lipinski definition) is 3. The fourth-order valence-electron chi connectivity index (χ4n) is 4.26. The second-order valence-electron chi connectivity index (χ2n) is 7.46. The van der Waals surface area contributed by atoms with Crippen molar-refractivity contribution in [1.29, 1.82) is 0 Å². The largest absolute Gasteiger partial charge is 0.356 e. The number of fused-ring (bicyclic) bond motifs is 1. The summed E-state index contributed by atoms with van der Waals surface area (Å²) in [5, 5.41) is 8.55. The van der Waals surface area contributed by atoms with Gasteiger partial charge in [0, 0.05) is 37.5 Å². The minimum absolute atomic E-state index is 0.0178. The summed E-state index contributed by atoms with van der Waals surface area (Å²) in [5.41, 5.74) is 1.12. The molecule has 1 aromatic heterocycles. The quantitative estimate of drug-likeness (QED) is 0.810. The minimum atomic E-state index is -0.186. The zero-order chi connectivity index (χ0) is 17.9. The van der Waals surface area contributed by atoms with Gasteiger partial charge in [0.05, 0.1) is 17.6 Å². The molecule has 2 aromatic rings. The van der Waals surface area contributed by atoms with Gasteiger partial charge in [0.1, 0.15) is 0 Å². The molecule has 0 bridgehead atoms. The Bertz CT molecular complexity index is 794. The van der Waals surface area contributed by atoms with Crippen LogP contribution in [0.15, 0.2) is 30.5 Å². The standard InChI is InChI=1S/C20H26N4O2/c25-19-12-16(14-23(19)17-7-2-3-8-17)20(26)21-10-5-11-24-18-9-4-1-6-15(18)13-22-24/h1,4,6,9,13,16-17H,2-3,5,7-8,10-12,14H2,(H,21,26). The molecule has 1 saturated heterocycles. The summed E-state index contributed by atoms with van der Waals surface area (Å²) in [6.07, 6.45) is 7.66. The van der Waals surface area contributed by atoms with Gasteiger partial charge in [-0.15, -0.1) is 0 Å². The van der Waals surface area contributed by atoms with E-state index < -0.39 is 0 Å². The van der Waals surface area contributed by atoms with Crippen molar-refractivity contribution in [2.24, 2.45) is 5.92 Å². The number of carbonyl (C=O) groups excluding carboxylic acids is 2. The molecule has 1 N–H and O–H groups in total. The number of para-hydroxylation sites is 1. The molecule has 2 heterocycles. The molecule has 1 aliphatic carbocycles. The Labute approximate surface area is 153 Å². The first-order chi connectivity index (χ1) is 12.7. The van der Waals surface area contributed by atoms with E-state index in [1.807, 2.05) is 34.0 Å². The lowest BCUT2D eigenvalue weighted by Gasteiger charge is -2.23. The Morgan fingerprint density at radius 2 is 2.04 bits per heavy atom. The molecule has 1 atom stereocenters. The number of nitrogens with zero attached hydrogens (tertiary/aromatic N) is 3. The fraction of sp³-hybridized carbons (Fsp3) is 0.550. The number of nitrogens with one attached hydrogen (secondary N) is 1. The van der Waals surface area contributed by atoms with Gasteiger partial charge in [0.2, 0.25) is 11.8 Å². The van der Waals surface area contributed by atoms with E-state index in [9.17, 15) is 9.59 Å². The van der Waals surface area contributed by atoms with Crippen LogP contribution in [0.1, 0.15) is 38.5 Å². The van der Waals surface area contributed by atoms with E-state index in [1.165, 1.54) is 12.8 Å². The van der Waals surface area contributed by atoms with Crippen LogP contribution in [-0.2, 0) is 16.1 Å². The van der Waals surface area contributed by atoms with Crippen LogP contribution < -0.4 is 5.32 Å². The van der Waals surface area contributed by atoms with Gasteiger partial charge < -0.3 is 10.2 Å². The first-order valence-electron chi connectivity index (χ1n) is 9.70. The van der Waals surface area contributed by atoms with E-state index in [2.05, 4.69) is 16.5 Å². The van der Waals surface area contributed by atoms with Crippen LogP contribution in [0.5, 0.6) is 0 Å². The van der Waals surface area contributed by atoms with Gasteiger partial charge in [-0.3, -0.25) is 14.3 Å². The molecule has 0 radical (unpaired) electrons. The molecule has 2 aliphatic rings. The molecule has 6 nitrogen and oxygen atoms in total. The van der Waals surface area contributed by atoms with Gasteiger partial charge >= 0.3 is 0 Å². The summed E-state index contributed by atoms with van der Waals surface area (Å²) in [6.45, 7) is 1.98. The van der Waals surface area contributed by atoms with Gasteiger partial charge in [-0.1, -0.05) is 31.0 Å². The van der Waals surface area contributed by atoms with E-state index in [0.29, 0.717) is 25.6 Å². The molecule has 2 amide bonds. The van der Waals surface area contributed by atoms with Crippen LogP contribution >= 0.6 is 0 Å². The molecule has 1 aromatic carbocycles. The van der Waals surface area contributed by atoms with Crippen molar-refractivity contribution < 1.29 is 9.59 Å². The van der Waals surface area contributed by atoms with Crippen LogP contribution in [0.25, 0.3) is 10.9 Å². The van der Waals surface area contributed by atoms with E-state index in [-0.39, 0.29) is 17.7 Å². The van der Waals surface area contributed by atoms with Gasteiger partial charge in [0.15, 0.2) is 0 Å². The lowest BCUT2D eigenvalue weighted by Crippen LogP contribution is -2.37. The van der Waals surface area contributed by atoms with Crippen molar-refractivity contribution in [1.82, 2.24) is 20.0 Å². The molecule has 6 heteroatoms. The van der Waals surface area contributed by atoms with Crippen molar-refractivity contribution in [2.45, 2.75) is 51.1 Å². The molecular formula is C20H26N4O2. The number of likely N-dealkylation sites (tertiary alicyclic amines) is 1. The SMILES string of the molecule is O=C(NCCCn1ncc2ccccc21)C1CC(=O)N(C2CCCC2)C1. The highest BCUT2D eigenvalue weighted by Gasteiger charge is 2.38. The highest BCUT2D eigenvalue weighted by Crippen LogP contribution is 2.29. The van der Waals surface area contributed by atoms with E-state index in [4.69, 9.17) is 0 Å². The van der Waals surface area contributed by atoms with Crippen molar-refractivity contribution in [3.63, 3.8) is 0 Å². The van der Waals surface area contributed by atoms with Crippen molar-refractivity contribution in [3.8, 4) is 0 Å². The van der Waals surface area contributed by atoms with Crippen molar-refractivity contribution >= 4 is 22.7 Å². The van der Waals surface area contributed by atoms with Gasteiger partial charge in [0.25, 0.3) is 0 Å². The molecule has 0 spiro atoms. The monoisotopic (exact) mass is 354 g/mol. The molecule has 4 rings (SSSR count). The third-order valence-corrected chi connectivity index (χ3v) is 5.69. The van der Waals surface area contributed by atoms with E-state index in [0.717, 1.165) is 36.7 Å². The Morgan fingerprint density at radius 1 is 1.23 bits per heavy atom. The van der Waals surface area contributed by atoms with Crippen LogP contribution in [0, 0.1) is 5.92 Å². The number of carbonyl (C=O) groups is 2. The normalized spacial score (nSPS) is 21.0. The molecule has 2 fully saturated rings. The molecular weight excluding hydrogens is 328 g/mol. The summed E-state index contributed by atoms with van der Waals surface area (Å²) < 4.78 is 1.97. The number of hydrogen-bond donors (Lipinski definition) is 1. The third kappa shape index (κ3) is 3.45. The topological polar surface area (TPSA) is 67.2 Å². The smallest absolute Gasteiger partial charge is 0.225 e. The van der Waals surface area contributed by atoms with Gasteiger partial charge in [-0.25, -0.2) is 0 Å². The highest BCUT2D eigenvalue weighted by atomic mass is 16.2. The lowest BCUT2D eigenvalue weighted by molar-refractivity contribution is -0.130. The summed E-state index contributed by atoms with van der Waals surface area (Å²) in [6, 6.07) is 8.49. The van der Waals surface area contributed by atoms with Crippen molar-refractivity contribution in [2.75, 3.05) is 13.1 Å². The Balaban J connectivity index is 1.23. The summed E-state index contributed by atoms with van der Waals surface area (Å²) in [4.78, 5) is 26.6. The number of aromatic nitrogens is 2. The first kappa shape index (κ1) is 17.1.